The van der Waals surface area contributed by atoms with Crippen LogP contribution in [0.3, 0.4) is 0 Å². The maximum absolute atomic E-state index is 13.0. The minimum Gasteiger partial charge on any atom is -0.478 e. The Morgan fingerprint density at radius 3 is 0.705 bits per heavy atom. The molecule has 0 aliphatic heterocycles. The second kappa shape index (κ2) is 13.2. The lowest BCUT2D eigenvalue weighted by atomic mass is 9.75. The van der Waals surface area contributed by atoms with E-state index >= 15 is 0 Å². The van der Waals surface area contributed by atoms with Crippen molar-refractivity contribution < 1.29 is 69.0 Å². The van der Waals surface area contributed by atoms with Crippen molar-refractivity contribution in [3.8, 4) is 11.1 Å². The summed E-state index contributed by atoms with van der Waals surface area (Å²) < 4.78 is 0. The van der Waals surface area contributed by atoms with Gasteiger partial charge in [0.15, 0.2) is 23.1 Å². The van der Waals surface area contributed by atoms with Gasteiger partial charge in [0, 0.05) is 44.5 Å². The molecule has 2 rings (SSSR count). The van der Waals surface area contributed by atoms with Crippen molar-refractivity contribution in [1.82, 2.24) is 0 Å². The molecule has 0 spiro atoms. The minimum absolute atomic E-state index is 0.512. The van der Waals surface area contributed by atoms with Gasteiger partial charge in [-0.15, -0.1) is 0 Å². The molecule has 0 radical (unpaired) electrons. The van der Waals surface area contributed by atoms with Crippen LogP contribution in [0.4, 0.5) is 0 Å². The molecule has 44 heavy (non-hydrogen) atoms. The molecule has 0 aliphatic rings. The van der Waals surface area contributed by atoms with Gasteiger partial charge in [0.1, 0.15) is 0 Å². The summed E-state index contributed by atoms with van der Waals surface area (Å²) in [4.78, 5) is 103. The summed E-state index contributed by atoms with van der Waals surface area (Å²) in [5, 5.41) is 61.5. The predicted molar refractivity (Wildman–Crippen MR) is 150 cm³/mol. The van der Waals surface area contributed by atoms with Gasteiger partial charge >= 0.3 is 23.9 Å². The first kappa shape index (κ1) is 34.1. The van der Waals surface area contributed by atoms with E-state index in [2.05, 4.69) is 26.3 Å². The van der Waals surface area contributed by atoms with Crippen molar-refractivity contribution in [1.29, 1.82) is 0 Å². The fourth-order valence-electron chi connectivity index (χ4n) is 4.77. The third-order valence-corrected chi connectivity index (χ3v) is 6.36. The van der Waals surface area contributed by atoms with Crippen molar-refractivity contribution >= 4 is 47.0 Å². The lowest BCUT2D eigenvalue weighted by molar-refractivity contribution is 0.0669. The number of aromatic carboxylic acids is 4. The zero-order valence-electron chi connectivity index (χ0n) is 22.5. The minimum atomic E-state index is -2.19. The maximum Gasteiger partial charge on any atom is 0.337 e. The van der Waals surface area contributed by atoms with E-state index in [0.717, 1.165) is 0 Å². The van der Waals surface area contributed by atoms with Crippen LogP contribution in [0, 0.1) is 0 Å². The van der Waals surface area contributed by atoms with Gasteiger partial charge in [0.2, 0.25) is 0 Å². The molecule has 0 atom stereocenters. The Morgan fingerprint density at radius 1 is 0.409 bits per heavy atom. The molecule has 0 amide bonds. The summed E-state index contributed by atoms with van der Waals surface area (Å²) >= 11 is 0. The van der Waals surface area contributed by atoms with Crippen LogP contribution in [0.15, 0.2) is 50.6 Å². The molecular formula is C30H22O14. The summed E-state index contributed by atoms with van der Waals surface area (Å²) in [6, 6.07) is 0. The largest absolute Gasteiger partial charge is 0.478 e. The van der Waals surface area contributed by atoms with Gasteiger partial charge in [-0.1, -0.05) is 26.3 Å². The molecule has 14 nitrogen and oxygen atoms in total. The van der Waals surface area contributed by atoms with E-state index in [1.807, 2.05) is 0 Å². The Morgan fingerprint density at radius 2 is 0.591 bits per heavy atom. The molecule has 0 unspecified atom stereocenters. The van der Waals surface area contributed by atoms with Gasteiger partial charge in [0.25, 0.3) is 0 Å². The van der Waals surface area contributed by atoms with Gasteiger partial charge in [0.05, 0.1) is 35.5 Å². The first-order valence-corrected chi connectivity index (χ1v) is 11.9. The number of carbonyl (C=O) groups excluding carboxylic acids is 4. The number of ketones is 4. The van der Waals surface area contributed by atoms with Crippen LogP contribution < -0.4 is 0 Å². The number of rotatable bonds is 15. The molecule has 2 aromatic rings. The summed E-state index contributed by atoms with van der Waals surface area (Å²) in [5.74, 6) is -14.1. The van der Waals surface area contributed by atoms with E-state index in [1.165, 1.54) is 0 Å². The van der Waals surface area contributed by atoms with Crippen LogP contribution in [0.1, 0.15) is 94.0 Å². The Bertz CT molecular complexity index is 1520. The molecule has 14 heteroatoms. The number of carboxylic acid groups (broad SMARTS) is 4. The second-order valence-electron chi connectivity index (χ2n) is 8.52. The van der Waals surface area contributed by atoms with E-state index in [4.69, 9.17) is 0 Å². The average molecular weight is 606 g/mol. The standard InChI is InChI=1S/C30H22O14/c1-5-13(33)17-11(9-31)18(14(34)6-2)24(28(39)40)21(23(17)27(37)38)22-25(29(41)42)19(15(35)7-3)12(10-32)20(16(36)8-4)26(22)30(43)44/h5-8,31-32H,1-4,9-10H2,(H,37,38)(H,39,40)(H,41,42)(H,43,44). The lowest BCUT2D eigenvalue weighted by Crippen LogP contribution is -2.26. The van der Waals surface area contributed by atoms with Gasteiger partial charge < -0.3 is 30.6 Å². The van der Waals surface area contributed by atoms with Crippen LogP contribution in [-0.2, 0) is 13.2 Å². The predicted octanol–water partition coefficient (Wildman–Crippen LogP) is 2.61. The van der Waals surface area contributed by atoms with Crippen molar-refractivity contribution in [2.45, 2.75) is 13.2 Å². The third-order valence-electron chi connectivity index (χ3n) is 6.36. The van der Waals surface area contributed by atoms with Crippen molar-refractivity contribution in [2.75, 3.05) is 0 Å². The van der Waals surface area contributed by atoms with E-state index in [9.17, 15) is 69.0 Å². The summed E-state index contributed by atoms with van der Waals surface area (Å²) in [6.45, 7) is 10.1. The Balaban J connectivity index is 3.93. The molecule has 0 aromatic heterocycles. The highest BCUT2D eigenvalue weighted by Crippen LogP contribution is 2.44. The summed E-state index contributed by atoms with van der Waals surface area (Å²) in [7, 11) is 0. The first-order valence-electron chi connectivity index (χ1n) is 11.9. The molecule has 2 aromatic carbocycles. The molecule has 0 saturated heterocycles. The van der Waals surface area contributed by atoms with Gasteiger partial charge in [-0.2, -0.15) is 0 Å². The fourth-order valence-corrected chi connectivity index (χ4v) is 4.77. The van der Waals surface area contributed by atoms with Gasteiger partial charge in [-0.05, 0) is 24.3 Å². The number of hydrogen-bond acceptors (Lipinski definition) is 10. The number of benzene rings is 2. The maximum atomic E-state index is 13.0. The highest BCUT2D eigenvalue weighted by molar-refractivity contribution is 6.28. The quantitative estimate of drug-likeness (QED) is 0.126. The number of allylic oxidation sites excluding steroid dienone is 4. The zero-order valence-corrected chi connectivity index (χ0v) is 22.5. The molecule has 0 heterocycles. The number of aliphatic hydroxyl groups is 2. The van der Waals surface area contributed by atoms with Crippen LogP contribution in [0.5, 0.6) is 0 Å². The highest BCUT2D eigenvalue weighted by atomic mass is 16.4. The van der Waals surface area contributed by atoms with Crippen LogP contribution >= 0.6 is 0 Å². The van der Waals surface area contributed by atoms with Gasteiger partial charge in [-0.25, -0.2) is 19.2 Å². The number of carbonyl (C=O) groups is 8. The van der Waals surface area contributed by atoms with Crippen LogP contribution in [0.25, 0.3) is 11.1 Å². The van der Waals surface area contributed by atoms with Crippen LogP contribution in [0.2, 0.25) is 0 Å². The molecular weight excluding hydrogens is 584 g/mol. The number of carboxylic acids is 4. The van der Waals surface area contributed by atoms with Crippen LogP contribution in [-0.4, -0.2) is 77.6 Å². The topological polar surface area (TPSA) is 258 Å². The van der Waals surface area contributed by atoms with E-state index in [-0.39, 0.29) is 0 Å². The van der Waals surface area contributed by atoms with E-state index in [1.54, 1.807) is 0 Å². The normalized spacial score (nSPS) is 10.3. The second-order valence-corrected chi connectivity index (χ2v) is 8.52. The Labute approximate surface area is 246 Å². The molecule has 0 fully saturated rings. The average Bonchev–Trinajstić information content (AvgIpc) is 2.99. The fraction of sp³-hybridized carbons (Fsp3) is 0.0667. The first-order chi connectivity index (χ1) is 20.6. The highest BCUT2D eigenvalue weighted by Gasteiger charge is 2.41. The molecule has 0 aliphatic carbocycles. The molecule has 6 N–H and O–H groups in total. The summed E-state index contributed by atoms with van der Waals surface area (Å²) in [6.07, 6.45) is 2.05. The number of hydrogen-bond donors (Lipinski definition) is 6. The lowest BCUT2D eigenvalue weighted by Gasteiger charge is -2.25. The molecule has 0 saturated carbocycles. The number of aliphatic hydroxyl groups excluding tert-OH is 2. The smallest absolute Gasteiger partial charge is 0.337 e. The van der Waals surface area contributed by atoms with E-state index < -0.39 is 127 Å². The Hall–Kier alpha value is -6.12. The molecule has 0 bridgehead atoms. The Kier molecular flexibility index (Phi) is 10.3. The monoisotopic (exact) mass is 606 g/mol. The van der Waals surface area contributed by atoms with E-state index in [0.29, 0.717) is 24.3 Å². The third kappa shape index (κ3) is 5.40. The van der Waals surface area contributed by atoms with Crippen molar-refractivity contribution in [3.05, 3.63) is 106 Å². The molecule has 226 valence electrons. The zero-order chi connectivity index (χ0) is 33.8. The van der Waals surface area contributed by atoms with Crippen molar-refractivity contribution in [2.24, 2.45) is 0 Å². The van der Waals surface area contributed by atoms with Gasteiger partial charge in [-0.3, -0.25) is 19.2 Å². The SMILES string of the molecule is C=CC(=O)c1c(CO)c(C(=O)C=C)c(C(=O)O)c(-c2c(C(=O)O)c(C(=O)C=C)c(CO)c(C(=O)C=C)c2C(=O)O)c1C(=O)O. The van der Waals surface area contributed by atoms with Crippen molar-refractivity contribution in [3.63, 3.8) is 0 Å². The summed E-state index contributed by atoms with van der Waals surface area (Å²) in [5.41, 5.74) is -14.6.